The highest BCUT2D eigenvalue weighted by atomic mass is 16.6. The number of likely N-dealkylation sites (tertiary alicyclic amines) is 1. The minimum absolute atomic E-state index is 0.0177. The molecule has 1 fully saturated rings. The van der Waals surface area contributed by atoms with Gasteiger partial charge in [0, 0.05) is 32.4 Å². The molecule has 1 aromatic rings. The topological polar surface area (TPSA) is 86.3 Å². The third kappa shape index (κ3) is 5.40. The maximum absolute atomic E-state index is 12.7. The molecule has 1 aromatic carbocycles. The smallest absolute Gasteiger partial charge is 0.410 e. The van der Waals surface area contributed by atoms with Crippen LogP contribution in [0.5, 0.6) is 0 Å². The average Bonchev–Trinajstić information content (AvgIpc) is 2.64. The highest BCUT2D eigenvalue weighted by Crippen LogP contribution is 2.26. The van der Waals surface area contributed by atoms with Crippen molar-refractivity contribution in [2.45, 2.75) is 45.3 Å². The first-order valence-corrected chi connectivity index (χ1v) is 10.1. The third-order valence-corrected chi connectivity index (χ3v) is 4.92. The van der Waals surface area contributed by atoms with Crippen LogP contribution < -0.4 is 15.5 Å². The summed E-state index contributed by atoms with van der Waals surface area (Å²) in [5.41, 5.74) is 1.72. The summed E-state index contributed by atoms with van der Waals surface area (Å²) in [5.74, 6) is 0.571. The van der Waals surface area contributed by atoms with E-state index < -0.39 is 5.60 Å². The Hall–Kier alpha value is -2.77. The van der Waals surface area contributed by atoms with Crippen LogP contribution in [0.4, 0.5) is 10.5 Å². The lowest BCUT2D eigenvalue weighted by molar-refractivity contribution is -0.117. The molecule has 8 heteroatoms. The maximum Gasteiger partial charge on any atom is 0.410 e. The van der Waals surface area contributed by atoms with E-state index in [1.165, 1.54) is 5.56 Å². The van der Waals surface area contributed by atoms with Crippen molar-refractivity contribution >= 4 is 23.6 Å². The van der Waals surface area contributed by atoms with Gasteiger partial charge in [-0.2, -0.15) is 0 Å². The number of aliphatic imine (C=N–C) groups is 1. The number of hydrogen-bond donors (Lipinski definition) is 2. The summed E-state index contributed by atoms with van der Waals surface area (Å²) in [4.78, 5) is 32.4. The van der Waals surface area contributed by atoms with Gasteiger partial charge in [-0.1, -0.05) is 18.2 Å². The maximum atomic E-state index is 12.7. The minimum Gasteiger partial charge on any atom is -0.444 e. The zero-order valence-electron chi connectivity index (χ0n) is 17.7. The second kappa shape index (κ2) is 8.71. The second-order valence-corrected chi connectivity index (χ2v) is 8.43. The van der Waals surface area contributed by atoms with Crippen molar-refractivity contribution in [2.75, 3.05) is 38.1 Å². The number of ether oxygens (including phenoxy) is 1. The summed E-state index contributed by atoms with van der Waals surface area (Å²) in [6.45, 7) is 7.54. The van der Waals surface area contributed by atoms with E-state index in [1.54, 1.807) is 11.9 Å². The molecular weight excluding hydrogens is 370 g/mol. The van der Waals surface area contributed by atoms with Crippen molar-refractivity contribution < 1.29 is 14.3 Å². The number of anilines is 1. The fourth-order valence-electron chi connectivity index (χ4n) is 3.48. The molecule has 3 rings (SSSR count). The van der Waals surface area contributed by atoms with Crippen molar-refractivity contribution in [1.82, 2.24) is 15.5 Å². The lowest BCUT2D eigenvalue weighted by Gasteiger charge is -2.40. The number of amides is 2. The Morgan fingerprint density at radius 3 is 2.66 bits per heavy atom. The van der Waals surface area contributed by atoms with Crippen molar-refractivity contribution in [2.24, 2.45) is 4.99 Å². The van der Waals surface area contributed by atoms with Gasteiger partial charge in [-0.15, -0.1) is 0 Å². The van der Waals surface area contributed by atoms with Gasteiger partial charge in [0.25, 0.3) is 0 Å². The fraction of sp³-hybridized carbons (Fsp3) is 0.571. The summed E-state index contributed by atoms with van der Waals surface area (Å²) < 4.78 is 5.36. The van der Waals surface area contributed by atoms with Crippen molar-refractivity contribution in [3.8, 4) is 0 Å². The number of fused-ring (bicyclic) bond motifs is 1. The summed E-state index contributed by atoms with van der Waals surface area (Å²) in [7, 11) is 1.67. The van der Waals surface area contributed by atoms with Gasteiger partial charge in [-0.3, -0.25) is 9.79 Å². The number of benzene rings is 1. The molecule has 0 atom stereocenters. The number of nitrogens with one attached hydrogen (secondary N) is 2. The molecule has 2 aliphatic rings. The van der Waals surface area contributed by atoms with Crippen LogP contribution in [-0.2, 0) is 16.0 Å². The number of hydrogen-bond acceptors (Lipinski definition) is 4. The van der Waals surface area contributed by atoms with Gasteiger partial charge >= 0.3 is 6.09 Å². The minimum atomic E-state index is -0.499. The van der Waals surface area contributed by atoms with E-state index in [-0.39, 0.29) is 24.6 Å². The lowest BCUT2D eigenvalue weighted by Crippen LogP contribution is -2.63. The van der Waals surface area contributed by atoms with E-state index in [0.717, 1.165) is 25.1 Å². The van der Waals surface area contributed by atoms with Gasteiger partial charge < -0.3 is 25.2 Å². The number of para-hydroxylation sites is 1. The molecule has 0 saturated carbocycles. The zero-order chi connectivity index (χ0) is 21.0. The van der Waals surface area contributed by atoms with Crippen LogP contribution >= 0.6 is 0 Å². The van der Waals surface area contributed by atoms with Crippen LogP contribution in [0.25, 0.3) is 0 Å². The van der Waals surface area contributed by atoms with Crippen LogP contribution in [0, 0.1) is 0 Å². The predicted molar refractivity (Wildman–Crippen MR) is 113 cm³/mol. The number of carbonyl (C=O) groups excluding carboxylic acids is 2. The molecule has 1 saturated heterocycles. The van der Waals surface area contributed by atoms with Crippen molar-refractivity contribution in [3.05, 3.63) is 29.8 Å². The van der Waals surface area contributed by atoms with E-state index in [2.05, 4.69) is 21.7 Å². The molecule has 0 bridgehead atoms. The molecule has 8 nitrogen and oxygen atoms in total. The second-order valence-electron chi connectivity index (χ2n) is 8.43. The first-order valence-electron chi connectivity index (χ1n) is 10.1. The van der Waals surface area contributed by atoms with Gasteiger partial charge in [0.15, 0.2) is 5.96 Å². The third-order valence-electron chi connectivity index (χ3n) is 4.92. The quantitative estimate of drug-likeness (QED) is 0.595. The van der Waals surface area contributed by atoms with Crippen LogP contribution in [0.2, 0.25) is 0 Å². The molecule has 0 unspecified atom stereocenters. The lowest BCUT2D eigenvalue weighted by atomic mass is 10.0. The van der Waals surface area contributed by atoms with Crippen molar-refractivity contribution in [1.29, 1.82) is 0 Å². The Bertz CT molecular complexity index is 781. The average molecular weight is 402 g/mol. The molecule has 0 spiro atoms. The molecule has 0 aromatic heterocycles. The Morgan fingerprint density at radius 2 is 1.97 bits per heavy atom. The predicted octanol–water partition coefficient (Wildman–Crippen LogP) is 1.75. The van der Waals surface area contributed by atoms with E-state index >= 15 is 0 Å². The SMILES string of the molecule is CN=C(NCC(=O)N1CCCc2ccccc21)NC1CN(C(=O)OC(C)(C)C)C1. The number of rotatable bonds is 3. The standard InChI is InChI=1S/C21H31N5O3/c1-21(2,3)29-20(28)25-13-16(14-25)24-19(22-4)23-12-18(27)26-11-7-9-15-8-5-6-10-17(15)26/h5-6,8,10,16H,7,9,11-14H2,1-4H3,(H2,22,23,24). The summed E-state index contributed by atoms with van der Waals surface area (Å²) in [6, 6.07) is 8.13. The Kier molecular flexibility index (Phi) is 6.30. The summed E-state index contributed by atoms with van der Waals surface area (Å²) in [6.07, 6.45) is 1.67. The fourth-order valence-corrected chi connectivity index (χ4v) is 3.48. The number of aryl methyl sites for hydroxylation is 1. The molecule has 2 N–H and O–H groups in total. The van der Waals surface area contributed by atoms with Gasteiger partial charge in [0.2, 0.25) is 5.91 Å². The molecule has 0 radical (unpaired) electrons. The van der Waals surface area contributed by atoms with E-state index in [0.29, 0.717) is 19.0 Å². The number of carbonyl (C=O) groups is 2. The normalized spacial score (nSPS) is 17.3. The molecule has 2 amide bonds. The van der Waals surface area contributed by atoms with Crippen LogP contribution in [0.15, 0.2) is 29.3 Å². The van der Waals surface area contributed by atoms with Gasteiger partial charge in [0.05, 0.1) is 12.6 Å². The van der Waals surface area contributed by atoms with E-state index in [4.69, 9.17) is 4.74 Å². The van der Waals surface area contributed by atoms with Gasteiger partial charge in [-0.05, 0) is 45.2 Å². The highest BCUT2D eigenvalue weighted by molar-refractivity contribution is 5.98. The van der Waals surface area contributed by atoms with Gasteiger partial charge in [0.1, 0.15) is 5.60 Å². The number of nitrogens with zero attached hydrogens (tertiary/aromatic N) is 3. The molecule has 2 heterocycles. The molecular formula is C21H31N5O3. The van der Waals surface area contributed by atoms with Crippen LogP contribution in [0.1, 0.15) is 32.8 Å². The highest BCUT2D eigenvalue weighted by Gasteiger charge is 2.34. The Morgan fingerprint density at radius 1 is 1.24 bits per heavy atom. The van der Waals surface area contributed by atoms with E-state index in [1.807, 2.05) is 43.9 Å². The monoisotopic (exact) mass is 401 g/mol. The molecule has 29 heavy (non-hydrogen) atoms. The first-order chi connectivity index (χ1) is 13.8. The van der Waals surface area contributed by atoms with E-state index in [9.17, 15) is 9.59 Å². The molecule has 2 aliphatic heterocycles. The largest absolute Gasteiger partial charge is 0.444 e. The van der Waals surface area contributed by atoms with Crippen LogP contribution in [-0.4, -0.2) is 67.7 Å². The first kappa shape index (κ1) is 21.0. The number of guanidine groups is 1. The Balaban J connectivity index is 1.45. The van der Waals surface area contributed by atoms with Gasteiger partial charge in [-0.25, -0.2) is 4.79 Å². The Labute approximate surface area is 172 Å². The molecule has 158 valence electrons. The van der Waals surface area contributed by atoms with Crippen LogP contribution in [0.3, 0.4) is 0 Å². The summed E-state index contributed by atoms with van der Waals surface area (Å²) >= 11 is 0. The zero-order valence-corrected chi connectivity index (χ0v) is 17.7. The van der Waals surface area contributed by atoms with Crippen molar-refractivity contribution in [3.63, 3.8) is 0 Å². The summed E-state index contributed by atoms with van der Waals surface area (Å²) in [5, 5.41) is 6.34. The molecule has 0 aliphatic carbocycles.